The normalized spacial score (nSPS) is 32.3. The van der Waals surface area contributed by atoms with E-state index in [4.69, 9.17) is 23.2 Å². The highest BCUT2D eigenvalue weighted by atomic mass is 35.5. The fraction of sp³-hybridized carbons (Fsp3) is 0.550. The third-order valence-corrected chi connectivity index (χ3v) is 7.30. The molecule has 0 N–H and O–H groups in total. The molecule has 4 bridgehead atoms. The number of benzene rings is 1. The van der Waals surface area contributed by atoms with Crippen LogP contribution < -0.4 is 5.56 Å². The van der Waals surface area contributed by atoms with Gasteiger partial charge in [0.25, 0.3) is 5.56 Å². The summed E-state index contributed by atoms with van der Waals surface area (Å²) in [6.45, 7) is 0.0953. The Balaban J connectivity index is 1.49. The van der Waals surface area contributed by atoms with E-state index in [9.17, 15) is 9.59 Å². The van der Waals surface area contributed by atoms with Crippen LogP contribution in [0.15, 0.2) is 23.3 Å². The topological polar surface area (TPSA) is 52.0 Å². The highest BCUT2D eigenvalue weighted by molar-refractivity contribution is 6.38. The monoisotopic (exact) mass is 390 g/mol. The molecule has 26 heavy (non-hydrogen) atoms. The molecule has 4 aliphatic rings. The molecule has 1 heterocycles. The molecule has 0 amide bonds. The molecule has 0 spiro atoms. The lowest BCUT2D eigenvalue weighted by Gasteiger charge is -2.56. The first kappa shape index (κ1) is 16.8. The molecule has 4 fully saturated rings. The highest BCUT2D eigenvalue weighted by Gasteiger charge is 2.54. The van der Waals surface area contributed by atoms with E-state index in [0.717, 1.165) is 19.3 Å². The standard InChI is InChI=1S/C20H20Cl2N2O2/c21-14-4-15-18(16(22)5-14)23-10-24(19(15)26)9-17(25)20-6-11-1-12(7-20)3-13(2-11)8-20/h4-5,10-13H,1-3,6-9H2. The highest BCUT2D eigenvalue weighted by Crippen LogP contribution is 2.60. The SMILES string of the molecule is O=C(Cn1cnc2c(Cl)cc(Cl)cc2c1=O)C12CC3CC(CC(C3)C1)C2. The zero-order valence-corrected chi connectivity index (χ0v) is 15.9. The summed E-state index contributed by atoms with van der Waals surface area (Å²) < 4.78 is 1.43. The number of nitrogens with zero attached hydrogens (tertiary/aromatic N) is 2. The van der Waals surface area contributed by atoms with Crippen molar-refractivity contribution in [3.63, 3.8) is 0 Å². The number of hydrogen-bond donors (Lipinski definition) is 0. The van der Waals surface area contributed by atoms with Crippen LogP contribution in [0.1, 0.15) is 38.5 Å². The summed E-state index contributed by atoms with van der Waals surface area (Å²) in [5.74, 6) is 2.31. The predicted molar refractivity (Wildman–Crippen MR) is 102 cm³/mol. The van der Waals surface area contributed by atoms with Crippen LogP contribution in [0, 0.1) is 23.2 Å². The Morgan fingerprint density at radius 2 is 1.73 bits per heavy atom. The molecule has 4 nitrogen and oxygen atoms in total. The summed E-state index contributed by atoms with van der Waals surface area (Å²) in [6, 6.07) is 3.15. The van der Waals surface area contributed by atoms with Gasteiger partial charge in [0, 0.05) is 10.4 Å². The minimum Gasteiger partial charge on any atom is -0.297 e. The zero-order valence-electron chi connectivity index (χ0n) is 14.4. The molecule has 0 atom stereocenters. The van der Waals surface area contributed by atoms with E-state index in [1.807, 2.05) is 0 Å². The summed E-state index contributed by atoms with van der Waals surface area (Å²) in [7, 11) is 0. The molecule has 0 unspecified atom stereocenters. The minimum absolute atomic E-state index is 0.0953. The summed E-state index contributed by atoms with van der Waals surface area (Å²) in [4.78, 5) is 30.4. The van der Waals surface area contributed by atoms with E-state index in [0.29, 0.717) is 38.7 Å². The van der Waals surface area contributed by atoms with E-state index < -0.39 is 0 Å². The van der Waals surface area contributed by atoms with Gasteiger partial charge in [-0.25, -0.2) is 4.98 Å². The van der Waals surface area contributed by atoms with E-state index in [-0.39, 0.29) is 23.3 Å². The molecule has 1 aromatic heterocycles. The Bertz CT molecular complexity index is 946. The maximum absolute atomic E-state index is 13.2. The third-order valence-electron chi connectivity index (χ3n) is 6.79. The van der Waals surface area contributed by atoms with E-state index in [2.05, 4.69) is 4.98 Å². The Kier molecular flexibility index (Phi) is 3.74. The number of carbonyl (C=O) groups excluding carboxylic acids is 1. The van der Waals surface area contributed by atoms with Crippen molar-refractivity contribution in [1.82, 2.24) is 9.55 Å². The molecule has 0 saturated heterocycles. The van der Waals surface area contributed by atoms with Gasteiger partial charge in [-0.3, -0.25) is 14.2 Å². The van der Waals surface area contributed by atoms with Crippen LogP contribution in [-0.2, 0) is 11.3 Å². The van der Waals surface area contributed by atoms with Crippen molar-refractivity contribution in [3.8, 4) is 0 Å². The average Bonchev–Trinajstić information content (AvgIpc) is 2.56. The Labute approximate surface area is 161 Å². The molecular formula is C20H20Cl2N2O2. The summed E-state index contributed by atoms with van der Waals surface area (Å²) in [6.07, 6.45) is 8.34. The van der Waals surface area contributed by atoms with Crippen molar-refractivity contribution < 1.29 is 4.79 Å². The molecule has 1 aromatic carbocycles. The Morgan fingerprint density at radius 1 is 1.12 bits per heavy atom. The van der Waals surface area contributed by atoms with Crippen LogP contribution in [0.3, 0.4) is 0 Å². The van der Waals surface area contributed by atoms with Crippen molar-refractivity contribution >= 4 is 39.9 Å². The van der Waals surface area contributed by atoms with Crippen LogP contribution in [-0.4, -0.2) is 15.3 Å². The van der Waals surface area contributed by atoms with Crippen LogP contribution >= 0.6 is 23.2 Å². The van der Waals surface area contributed by atoms with Gasteiger partial charge in [-0.05, 0) is 68.4 Å². The van der Waals surface area contributed by atoms with Crippen molar-refractivity contribution in [2.45, 2.75) is 45.1 Å². The molecule has 6 heteroatoms. The molecule has 2 aromatic rings. The molecule has 4 aliphatic carbocycles. The van der Waals surface area contributed by atoms with Crippen molar-refractivity contribution in [3.05, 3.63) is 38.9 Å². The number of fused-ring (bicyclic) bond motifs is 1. The summed E-state index contributed by atoms with van der Waals surface area (Å²) >= 11 is 12.2. The van der Waals surface area contributed by atoms with Crippen LogP contribution in [0.4, 0.5) is 0 Å². The van der Waals surface area contributed by atoms with Gasteiger partial charge in [0.15, 0.2) is 5.78 Å². The van der Waals surface area contributed by atoms with Crippen molar-refractivity contribution in [1.29, 1.82) is 0 Å². The van der Waals surface area contributed by atoms with Gasteiger partial charge >= 0.3 is 0 Å². The average molecular weight is 391 g/mol. The van der Waals surface area contributed by atoms with Gasteiger partial charge in [-0.15, -0.1) is 0 Å². The maximum atomic E-state index is 13.2. The lowest BCUT2D eigenvalue weighted by molar-refractivity contribution is -0.144. The number of Topliss-reactive ketones (excluding diaryl/α,β-unsaturated/α-hetero) is 1. The first-order valence-corrected chi connectivity index (χ1v) is 10.1. The van der Waals surface area contributed by atoms with E-state index >= 15 is 0 Å². The lowest BCUT2D eigenvalue weighted by Crippen LogP contribution is -2.51. The quantitative estimate of drug-likeness (QED) is 0.775. The second kappa shape index (κ2) is 5.80. The van der Waals surface area contributed by atoms with Crippen LogP contribution in [0.25, 0.3) is 10.9 Å². The largest absolute Gasteiger partial charge is 0.297 e. The van der Waals surface area contributed by atoms with Gasteiger partial charge in [0.05, 0.1) is 28.8 Å². The zero-order chi connectivity index (χ0) is 18.1. The number of rotatable bonds is 3. The maximum Gasteiger partial charge on any atom is 0.261 e. The lowest BCUT2D eigenvalue weighted by atomic mass is 9.48. The smallest absolute Gasteiger partial charge is 0.261 e. The number of ketones is 1. The molecular weight excluding hydrogens is 371 g/mol. The molecule has 0 radical (unpaired) electrons. The Hall–Kier alpha value is -1.39. The number of aromatic nitrogens is 2. The van der Waals surface area contributed by atoms with Gasteiger partial charge in [0.2, 0.25) is 0 Å². The molecule has 4 saturated carbocycles. The third kappa shape index (κ3) is 2.53. The van der Waals surface area contributed by atoms with Gasteiger partial charge < -0.3 is 0 Å². The minimum atomic E-state index is -0.252. The summed E-state index contributed by atoms with van der Waals surface area (Å²) in [5.41, 5.74) is -0.0353. The van der Waals surface area contributed by atoms with Crippen LogP contribution in [0.2, 0.25) is 10.0 Å². The Morgan fingerprint density at radius 3 is 2.35 bits per heavy atom. The van der Waals surface area contributed by atoms with Gasteiger partial charge in [-0.2, -0.15) is 0 Å². The predicted octanol–water partition coefficient (Wildman–Crippen LogP) is 4.49. The van der Waals surface area contributed by atoms with Gasteiger partial charge in [-0.1, -0.05) is 23.2 Å². The molecule has 136 valence electrons. The van der Waals surface area contributed by atoms with Crippen molar-refractivity contribution in [2.75, 3.05) is 0 Å². The summed E-state index contributed by atoms with van der Waals surface area (Å²) in [5, 5.41) is 1.11. The fourth-order valence-electron chi connectivity index (χ4n) is 6.08. The number of carbonyl (C=O) groups is 1. The molecule has 0 aliphatic heterocycles. The molecule has 6 rings (SSSR count). The second-order valence-corrected chi connectivity index (χ2v) is 9.43. The van der Waals surface area contributed by atoms with E-state index in [1.165, 1.54) is 30.2 Å². The van der Waals surface area contributed by atoms with Gasteiger partial charge in [0.1, 0.15) is 0 Å². The first-order chi connectivity index (χ1) is 12.4. The number of hydrogen-bond acceptors (Lipinski definition) is 3. The van der Waals surface area contributed by atoms with E-state index in [1.54, 1.807) is 12.1 Å². The van der Waals surface area contributed by atoms with Crippen LogP contribution in [0.5, 0.6) is 0 Å². The van der Waals surface area contributed by atoms with Crippen molar-refractivity contribution in [2.24, 2.45) is 23.2 Å². The number of halogens is 2. The first-order valence-electron chi connectivity index (χ1n) is 9.31. The fourth-order valence-corrected chi connectivity index (χ4v) is 6.62. The second-order valence-electron chi connectivity index (χ2n) is 8.58.